The van der Waals surface area contributed by atoms with Crippen molar-refractivity contribution in [3.63, 3.8) is 0 Å². The first-order chi connectivity index (χ1) is 6.74. The molecule has 0 saturated heterocycles. The van der Waals surface area contributed by atoms with Crippen LogP contribution in [-0.4, -0.2) is 16.2 Å². The molecule has 1 aromatic heterocycles. The average Bonchev–Trinajstić information content (AvgIpc) is 2.67. The Morgan fingerprint density at radius 1 is 1.50 bits per heavy atom. The Morgan fingerprint density at radius 2 is 2.29 bits per heavy atom. The normalized spacial score (nSPS) is 15.4. The fourth-order valence-corrected chi connectivity index (χ4v) is 1.62. The predicted molar refractivity (Wildman–Crippen MR) is 59.1 cm³/mol. The van der Waals surface area contributed by atoms with E-state index in [1.54, 1.807) is 6.20 Å². The van der Waals surface area contributed by atoms with Crippen LogP contribution in [-0.2, 0) is 0 Å². The van der Waals surface area contributed by atoms with Crippen LogP contribution in [0.1, 0.15) is 51.8 Å². The molecule has 3 nitrogen and oxygen atoms in total. The van der Waals surface area contributed by atoms with E-state index in [0.717, 1.165) is 5.69 Å². The Morgan fingerprint density at radius 3 is 2.86 bits per heavy atom. The van der Waals surface area contributed by atoms with Crippen molar-refractivity contribution in [1.82, 2.24) is 15.5 Å². The zero-order valence-electron chi connectivity index (χ0n) is 9.38. The van der Waals surface area contributed by atoms with Crippen molar-refractivity contribution in [3.05, 3.63) is 18.0 Å². The summed E-state index contributed by atoms with van der Waals surface area (Å²) in [6.45, 7) is 6.63. The molecule has 0 aromatic carbocycles. The van der Waals surface area contributed by atoms with Gasteiger partial charge in [-0.1, -0.05) is 19.8 Å². The van der Waals surface area contributed by atoms with Gasteiger partial charge < -0.3 is 5.32 Å². The van der Waals surface area contributed by atoms with Crippen LogP contribution in [0.15, 0.2) is 12.3 Å². The number of nitrogens with one attached hydrogen (secondary N) is 2. The lowest BCUT2D eigenvalue weighted by atomic mass is 10.1. The SMILES string of the molecule is CCCCC(C)NC(C)c1ccn[nH]1. The first kappa shape index (κ1) is 11.2. The molecule has 0 amide bonds. The summed E-state index contributed by atoms with van der Waals surface area (Å²) in [6, 6.07) is 2.96. The molecule has 1 heterocycles. The Kier molecular flexibility index (Phi) is 4.66. The van der Waals surface area contributed by atoms with Gasteiger partial charge in [-0.25, -0.2) is 0 Å². The second kappa shape index (κ2) is 5.81. The fraction of sp³-hybridized carbons (Fsp3) is 0.727. The van der Waals surface area contributed by atoms with Crippen molar-refractivity contribution in [3.8, 4) is 0 Å². The quantitative estimate of drug-likeness (QED) is 0.732. The Hall–Kier alpha value is -0.830. The summed E-state index contributed by atoms with van der Waals surface area (Å²) in [5.74, 6) is 0. The molecule has 1 aromatic rings. The van der Waals surface area contributed by atoms with Gasteiger partial charge in [0.05, 0.1) is 5.69 Å². The molecule has 0 radical (unpaired) electrons. The van der Waals surface area contributed by atoms with Gasteiger partial charge in [0.2, 0.25) is 0 Å². The molecule has 0 fully saturated rings. The molecule has 0 spiro atoms. The van der Waals surface area contributed by atoms with Gasteiger partial charge in [-0.2, -0.15) is 5.10 Å². The van der Waals surface area contributed by atoms with Crippen molar-refractivity contribution >= 4 is 0 Å². The van der Waals surface area contributed by atoms with Crippen LogP contribution >= 0.6 is 0 Å². The summed E-state index contributed by atoms with van der Waals surface area (Å²) in [6.07, 6.45) is 5.60. The van der Waals surface area contributed by atoms with Gasteiger partial charge in [0.15, 0.2) is 0 Å². The van der Waals surface area contributed by atoms with Crippen LogP contribution < -0.4 is 5.32 Å². The second-order valence-corrected chi connectivity index (χ2v) is 3.94. The lowest BCUT2D eigenvalue weighted by molar-refractivity contribution is 0.439. The van der Waals surface area contributed by atoms with Gasteiger partial charge in [0.1, 0.15) is 0 Å². The number of H-pyrrole nitrogens is 1. The largest absolute Gasteiger partial charge is 0.306 e. The van der Waals surface area contributed by atoms with E-state index in [2.05, 4.69) is 36.3 Å². The number of rotatable bonds is 6. The van der Waals surface area contributed by atoms with Crippen LogP contribution in [0, 0.1) is 0 Å². The number of hydrogen-bond donors (Lipinski definition) is 2. The minimum Gasteiger partial charge on any atom is -0.306 e. The maximum absolute atomic E-state index is 3.95. The van der Waals surface area contributed by atoms with Gasteiger partial charge in [-0.3, -0.25) is 5.10 Å². The van der Waals surface area contributed by atoms with E-state index in [1.165, 1.54) is 19.3 Å². The van der Waals surface area contributed by atoms with Crippen molar-refractivity contribution in [2.75, 3.05) is 0 Å². The third-order valence-electron chi connectivity index (χ3n) is 2.51. The molecule has 0 aliphatic heterocycles. The molecule has 0 aliphatic carbocycles. The minimum atomic E-state index is 0.365. The minimum absolute atomic E-state index is 0.365. The smallest absolute Gasteiger partial charge is 0.0518 e. The highest BCUT2D eigenvalue weighted by atomic mass is 15.1. The number of nitrogens with zero attached hydrogens (tertiary/aromatic N) is 1. The first-order valence-corrected chi connectivity index (χ1v) is 5.49. The summed E-state index contributed by atoms with van der Waals surface area (Å²) < 4.78 is 0. The van der Waals surface area contributed by atoms with Crippen molar-refractivity contribution in [1.29, 1.82) is 0 Å². The molecule has 14 heavy (non-hydrogen) atoms. The van der Waals surface area contributed by atoms with Crippen molar-refractivity contribution in [2.45, 2.75) is 52.1 Å². The third kappa shape index (κ3) is 3.50. The predicted octanol–water partition coefficient (Wildman–Crippen LogP) is 2.64. The standard InChI is InChI=1S/C11H21N3/c1-4-5-6-9(2)13-10(3)11-7-8-12-14-11/h7-10,13H,4-6H2,1-3H3,(H,12,14). The van der Waals surface area contributed by atoms with Gasteiger partial charge in [0, 0.05) is 18.3 Å². The highest BCUT2D eigenvalue weighted by Gasteiger charge is 2.09. The molecule has 2 N–H and O–H groups in total. The molecule has 0 bridgehead atoms. The number of hydrogen-bond acceptors (Lipinski definition) is 2. The van der Waals surface area contributed by atoms with E-state index in [-0.39, 0.29) is 0 Å². The van der Waals surface area contributed by atoms with Crippen LogP contribution in [0.3, 0.4) is 0 Å². The van der Waals surface area contributed by atoms with Gasteiger partial charge in [0.25, 0.3) is 0 Å². The zero-order chi connectivity index (χ0) is 10.4. The molecule has 2 atom stereocenters. The van der Waals surface area contributed by atoms with Crippen LogP contribution in [0.2, 0.25) is 0 Å². The lowest BCUT2D eigenvalue weighted by Gasteiger charge is -2.18. The maximum atomic E-state index is 3.95. The summed E-state index contributed by atoms with van der Waals surface area (Å²) in [5, 5.41) is 10.5. The van der Waals surface area contributed by atoms with E-state index in [1.807, 2.05) is 6.07 Å². The summed E-state index contributed by atoms with van der Waals surface area (Å²) in [7, 11) is 0. The molecule has 80 valence electrons. The summed E-state index contributed by atoms with van der Waals surface area (Å²) >= 11 is 0. The van der Waals surface area contributed by atoms with Crippen LogP contribution in [0.4, 0.5) is 0 Å². The third-order valence-corrected chi connectivity index (χ3v) is 2.51. The molecule has 1 rings (SSSR count). The molecular formula is C11H21N3. The van der Waals surface area contributed by atoms with E-state index in [4.69, 9.17) is 0 Å². The zero-order valence-corrected chi connectivity index (χ0v) is 9.38. The van der Waals surface area contributed by atoms with E-state index in [9.17, 15) is 0 Å². The number of aromatic amines is 1. The summed E-state index contributed by atoms with van der Waals surface area (Å²) in [4.78, 5) is 0. The van der Waals surface area contributed by atoms with E-state index in [0.29, 0.717) is 12.1 Å². The maximum Gasteiger partial charge on any atom is 0.0518 e. The average molecular weight is 195 g/mol. The van der Waals surface area contributed by atoms with E-state index < -0.39 is 0 Å². The monoisotopic (exact) mass is 195 g/mol. The van der Waals surface area contributed by atoms with Crippen molar-refractivity contribution in [2.24, 2.45) is 0 Å². The summed E-state index contributed by atoms with van der Waals surface area (Å²) in [5.41, 5.74) is 1.16. The molecule has 0 aliphatic rings. The van der Waals surface area contributed by atoms with Gasteiger partial charge in [-0.15, -0.1) is 0 Å². The Labute approximate surface area is 86.3 Å². The van der Waals surface area contributed by atoms with Gasteiger partial charge >= 0.3 is 0 Å². The van der Waals surface area contributed by atoms with Crippen LogP contribution in [0.25, 0.3) is 0 Å². The molecule has 3 heteroatoms. The fourth-order valence-electron chi connectivity index (χ4n) is 1.62. The Balaban J connectivity index is 2.29. The second-order valence-electron chi connectivity index (χ2n) is 3.94. The number of aromatic nitrogens is 2. The van der Waals surface area contributed by atoms with E-state index >= 15 is 0 Å². The van der Waals surface area contributed by atoms with Gasteiger partial charge in [-0.05, 0) is 26.3 Å². The molecular weight excluding hydrogens is 174 g/mol. The van der Waals surface area contributed by atoms with Crippen LogP contribution in [0.5, 0.6) is 0 Å². The number of unbranched alkanes of at least 4 members (excludes halogenated alkanes) is 1. The first-order valence-electron chi connectivity index (χ1n) is 5.49. The topological polar surface area (TPSA) is 40.7 Å². The highest BCUT2D eigenvalue weighted by Crippen LogP contribution is 2.10. The van der Waals surface area contributed by atoms with Crippen molar-refractivity contribution < 1.29 is 0 Å². The molecule has 0 saturated carbocycles. The lowest BCUT2D eigenvalue weighted by Crippen LogP contribution is -2.29. The Bertz CT molecular complexity index is 231. The highest BCUT2D eigenvalue weighted by molar-refractivity contribution is 5.03. The molecule has 2 unspecified atom stereocenters.